The fourth-order valence-electron chi connectivity index (χ4n) is 2.52. The van der Waals surface area contributed by atoms with Crippen molar-refractivity contribution in [2.45, 2.75) is 12.8 Å². The summed E-state index contributed by atoms with van der Waals surface area (Å²) >= 11 is 0. The summed E-state index contributed by atoms with van der Waals surface area (Å²) in [5.41, 5.74) is 1.05. The molecule has 1 saturated heterocycles. The molecule has 3 heterocycles. The third-order valence-electron chi connectivity index (χ3n) is 3.64. The van der Waals surface area contributed by atoms with Gasteiger partial charge in [0.2, 0.25) is 5.88 Å². The molecule has 0 aliphatic carbocycles. The van der Waals surface area contributed by atoms with E-state index in [1.54, 1.807) is 24.5 Å². The average Bonchev–Trinajstić information content (AvgIpc) is 3.10. The van der Waals surface area contributed by atoms with Crippen molar-refractivity contribution in [3.63, 3.8) is 0 Å². The average molecular weight is 298 g/mol. The number of hydrogen-bond donors (Lipinski definition) is 1. The van der Waals surface area contributed by atoms with Crippen LogP contribution in [0.15, 0.2) is 36.7 Å². The maximum Gasteiger partial charge on any atom is 0.261 e. The lowest BCUT2D eigenvalue weighted by Gasteiger charge is -2.16. The van der Waals surface area contributed by atoms with Crippen LogP contribution in [0.25, 0.3) is 0 Å². The molecule has 114 valence electrons. The van der Waals surface area contributed by atoms with Gasteiger partial charge < -0.3 is 15.0 Å². The second-order valence-electron chi connectivity index (χ2n) is 5.11. The van der Waals surface area contributed by atoms with Crippen LogP contribution < -0.4 is 15.0 Å². The molecular weight excluding hydrogens is 280 g/mol. The van der Waals surface area contributed by atoms with Crippen molar-refractivity contribution >= 4 is 17.4 Å². The minimum atomic E-state index is -0.263. The highest BCUT2D eigenvalue weighted by Crippen LogP contribution is 2.20. The first-order chi connectivity index (χ1) is 10.8. The van der Waals surface area contributed by atoms with Crippen molar-refractivity contribution in [2.75, 3.05) is 30.4 Å². The number of nitrogens with one attached hydrogen (secondary N) is 1. The number of anilines is 2. The molecule has 6 heteroatoms. The van der Waals surface area contributed by atoms with E-state index in [0.29, 0.717) is 17.1 Å². The standard InChI is InChI=1S/C16H18N4O2/c1-22-16-13(5-4-8-17-16)15(21)19-12-6-7-14(18-11-12)20-9-2-3-10-20/h4-8,11H,2-3,9-10H2,1H3,(H,19,21). The van der Waals surface area contributed by atoms with E-state index in [-0.39, 0.29) is 5.91 Å². The monoisotopic (exact) mass is 298 g/mol. The van der Waals surface area contributed by atoms with E-state index >= 15 is 0 Å². The van der Waals surface area contributed by atoms with E-state index in [4.69, 9.17) is 4.74 Å². The lowest BCUT2D eigenvalue weighted by Crippen LogP contribution is -2.19. The molecule has 0 radical (unpaired) electrons. The van der Waals surface area contributed by atoms with Crippen molar-refractivity contribution in [1.82, 2.24) is 9.97 Å². The molecular formula is C16H18N4O2. The second kappa shape index (κ2) is 6.43. The maximum absolute atomic E-state index is 12.3. The fraction of sp³-hybridized carbons (Fsp3) is 0.312. The Morgan fingerprint density at radius 1 is 1.23 bits per heavy atom. The molecule has 0 aromatic carbocycles. The molecule has 1 fully saturated rings. The Morgan fingerprint density at radius 3 is 2.73 bits per heavy atom. The zero-order valence-electron chi connectivity index (χ0n) is 12.5. The molecule has 1 aliphatic heterocycles. The van der Waals surface area contributed by atoms with Gasteiger partial charge in [-0.2, -0.15) is 0 Å². The first-order valence-electron chi connectivity index (χ1n) is 7.29. The number of methoxy groups -OCH3 is 1. The van der Waals surface area contributed by atoms with E-state index in [9.17, 15) is 4.79 Å². The summed E-state index contributed by atoms with van der Waals surface area (Å²) in [6.07, 6.45) is 5.68. The first kappa shape index (κ1) is 14.3. The summed E-state index contributed by atoms with van der Waals surface area (Å²) in [5, 5.41) is 2.81. The summed E-state index contributed by atoms with van der Waals surface area (Å²) < 4.78 is 5.10. The van der Waals surface area contributed by atoms with E-state index in [0.717, 1.165) is 18.9 Å². The van der Waals surface area contributed by atoms with Gasteiger partial charge in [-0.05, 0) is 37.1 Å². The molecule has 0 unspecified atom stereocenters. The Labute approximate surface area is 129 Å². The van der Waals surface area contributed by atoms with E-state index in [2.05, 4.69) is 20.2 Å². The minimum Gasteiger partial charge on any atom is -0.480 e. The summed E-state index contributed by atoms with van der Waals surface area (Å²) in [4.78, 5) is 22.9. The molecule has 22 heavy (non-hydrogen) atoms. The van der Waals surface area contributed by atoms with Crippen molar-refractivity contribution in [1.29, 1.82) is 0 Å². The molecule has 1 aliphatic rings. The van der Waals surface area contributed by atoms with Crippen LogP contribution >= 0.6 is 0 Å². The fourth-order valence-corrected chi connectivity index (χ4v) is 2.52. The Hall–Kier alpha value is -2.63. The van der Waals surface area contributed by atoms with Gasteiger partial charge in [0.1, 0.15) is 11.4 Å². The smallest absolute Gasteiger partial charge is 0.261 e. The summed E-state index contributed by atoms with van der Waals surface area (Å²) in [6.45, 7) is 2.09. The van der Waals surface area contributed by atoms with Crippen molar-refractivity contribution in [2.24, 2.45) is 0 Å². The number of hydrogen-bond acceptors (Lipinski definition) is 5. The van der Waals surface area contributed by atoms with Crippen LogP contribution in [0.2, 0.25) is 0 Å². The Morgan fingerprint density at radius 2 is 2.05 bits per heavy atom. The third kappa shape index (κ3) is 3.00. The van der Waals surface area contributed by atoms with E-state index in [1.165, 1.54) is 20.0 Å². The largest absolute Gasteiger partial charge is 0.480 e. The van der Waals surface area contributed by atoms with Crippen LogP contribution in [0, 0.1) is 0 Å². The zero-order chi connectivity index (χ0) is 15.4. The number of carbonyl (C=O) groups is 1. The zero-order valence-corrected chi connectivity index (χ0v) is 12.5. The molecule has 6 nitrogen and oxygen atoms in total. The van der Waals surface area contributed by atoms with Crippen LogP contribution in [0.1, 0.15) is 23.2 Å². The molecule has 0 saturated carbocycles. The SMILES string of the molecule is COc1ncccc1C(=O)Nc1ccc(N2CCCC2)nc1. The van der Waals surface area contributed by atoms with Gasteiger partial charge >= 0.3 is 0 Å². The van der Waals surface area contributed by atoms with Gasteiger partial charge in [-0.25, -0.2) is 9.97 Å². The predicted octanol–water partition coefficient (Wildman–Crippen LogP) is 2.34. The summed E-state index contributed by atoms with van der Waals surface area (Å²) in [7, 11) is 1.49. The van der Waals surface area contributed by atoms with Gasteiger partial charge in [-0.3, -0.25) is 4.79 Å². The minimum absolute atomic E-state index is 0.263. The molecule has 3 rings (SSSR count). The number of ether oxygens (including phenoxy) is 1. The molecule has 0 bridgehead atoms. The Kier molecular flexibility index (Phi) is 4.18. The normalized spacial score (nSPS) is 14.0. The van der Waals surface area contributed by atoms with Crippen LogP contribution in [-0.2, 0) is 0 Å². The number of pyridine rings is 2. The second-order valence-corrected chi connectivity index (χ2v) is 5.11. The van der Waals surface area contributed by atoms with Gasteiger partial charge in [0.05, 0.1) is 19.0 Å². The lowest BCUT2D eigenvalue weighted by atomic mass is 10.2. The predicted molar refractivity (Wildman–Crippen MR) is 84.4 cm³/mol. The van der Waals surface area contributed by atoms with Crippen LogP contribution in [-0.4, -0.2) is 36.1 Å². The molecule has 0 spiro atoms. The van der Waals surface area contributed by atoms with Gasteiger partial charge in [0.15, 0.2) is 0 Å². The van der Waals surface area contributed by atoms with Crippen LogP contribution in [0.5, 0.6) is 5.88 Å². The van der Waals surface area contributed by atoms with Crippen molar-refractivity contribution < 1.29 is 9.53 Å². The highest BCUT2D eigenvalue weighted by molar-refractivity contribution is 6.05. The highest BCUT2D eigenvalue weighted by Gasteiger charge is 2.15. The van der Waals surface area contributed by atoms with Gasteiger partial charge in [-0.15, -0.1) is 0 Å². The van der Waals surface area contributed by atoms with E-state index in [1.807, 2.05) is 12.1 Å². The Balaban J connectivity index is 1.71. The first-order valence-corrected chi connectivity index (χ1v) is 7.29. The van der Waals surface area contributed by atoms with Gasteiger partial charge in [0.25, 0.3) is 5.91 Å². The number of nitrogens with zero attached hydrogens (tertiary/aromatic N) is 3. The van der Waals surface area contributed by atoms with Crippen LogP contribution in [0.4, 0.5) is 11.5 Å². The van der Waals surface area contributed by atoms with Gasteiger partial charge in [0, 0.05) is 19.3 Å². The molecule has 2 aromatic rings. The molecule has 2 aromatic heterocycles. The highest BCUT2D eigenvalue weighted by atomic mass is 16.5. The lowest BCUT2D eigenvalue weighted by molar-refractivity contribution is 0.102. The molecule has 1 amide bonds. The number of carbonyl (C=O) groups excluding carboxylic acids is 1. The van der Waals surface area contributed by atoms with Crippen molar-refractivity contribution in [3.05, 3.63) is 42.2 Å². The number of rotatable bonds is 4. The summed E-state index contributed by atoms with van der Waals surface area (Å²) in [5.74, 6) is 0.997. The maximum atomic E-state index is 12.3. The van der Waals surface area contributed by atoms with E-state index < -0.39 is 0 Å². The Bertz CT molecular complexity index is 651. The molecule has 0 atom stereocenters. The van der Waals surface area contributed by atoms with Crippen LogP contribution in [0.3, 0.4) is 0 Å². The quantitative estimate of drug-likeness (QED) is 0.938. The number of amides is 1. The topological polar surface area (TPSA) is 67.3 Å². The third-order valence-corrected chi connectivity index (χ3v) is 3.64. The van der Waals surface area contributed by atoms with Crippen molar-refractivity contribution in [3.8, 4) is 5.88 Å². The summed E-state index contributed by atoms with van der Waals surface area (Å²) in [6, 6.07) is 7.17. The number of aromatic nitrogens is 2. The molecule has 1 N–H and O–H groups in total. The van der Waals surface area contributed by atoms with Gasteiger partial charge in [-0.1, -0.05) is 0 Å².